The molecule has 2 aromatic heterocycles. The standard InChI is InChI=1S/C44H49N7O4/c1-28(2)39(33-11-7-6-8-12-33)43(52)50-23-9-13-37(50)41-45-26-36(49-41)32-20-17-30(18-21-32)15-16-31-19-22-34-35(25-31)48-42(47-34)38-14-10-24-51(38)44(53)40(29(3)4)46-27-55-54-5/h6-8,11-12,17-22,25-29,37-40H,9-10,13-14,23-24H2,1-5H3,(H,45,49)(H,47,48)/t37-,38-,39+,40-/m0/s1. The molecule has 2 aliphatic heterocycles. The molecule has 0 aliphatic carbocycles. The minimum absolute atomic E-state index is 0.00788. The molecule has 0 bridgehead atoms. The number of likely N-dealkylation sites (tertiary alicyclic amines) is 2. The number of nitrogens with one attached hydrogen (secondary N) is 2. The Morgan fingerprint density at radius 3 is 2.20 bits per heavy atom. The molecule has 3 aromatic carbocycles. The van der Waals surface area contributed by atoms with Gasteiger partial charge in [-0.2, -0.15) is 4.89 Å². The Labute approximate surface area is 322 Å². The van der Waals surface area contributed by atoms with Crippen LogP contribution in [-0.4, -0.2) is 74.2 Å². The van der Waals surface area contributed by atoms with Crippen molar-refractivity contribution in [2.45, 2.75) is 77.4 Å². The van der Waals surface area contributed by atoms with Gasteiger partial charge < -0.3 is 24.7 Å². The summed E-state index contributed by atoms with van der Waals surface area (Å²) >= 11 is 0. The Hall–Kier alpha value is -5.73. The molecule has 0 unspecified atom stereocenters. The van der Waals surface area contributed by atoms with Gasteiger partial charge in [0.25, 0.3) is 0 Å². The monoisotopic (exact) mass is 739 g/mol. The Morgan fingerprint density at radius 2 is 1.51 bits per heavy atom. The Kier molecular flexibility index (Phi) is 11.4. The molecule has 2 fully saturated rings. The second kappa shape index (κ2) is 16.7. The number of carbonyl (C=O) groups excluding carboxylic acids is 2. The van der Waals surface area contributed by atoms with E-state index in [9.17, 15) is 9.59 Å². The molecule has 11 heteroatoms. The molecule has 11 nitrogen and oxygen atoms in total. The summed E-state index contributed by atoms with van der Waals surface area (Å²) in [6.45, 7) is 9.55. The summed E-state index contributed by atoms with van der Waals surface area (Å²) in [6, 6.07) is 23.3. The highest BCUT2D eigenvalue weighted by Gasteiger charge is 2.38. The summed E-state index contributed by atoms with van der Waals surface area (Å²) in [5.74, 6) is 8.29. The van der Waals surface area contributed by atoms with Gasteiger partial charge >= 0.3 is 0 Å². The largest absolute Gasteiger partial charge is 0.340 e. The van der Waals surface area contributed by atoms with Crippen molar-refractivity contribution in [1.82, 2.24) is 29.7 Å². The highest BCUT2D eigenvalue weighted by Crippen LogP contribution is 2.37. The lowest BCUT2D eigenvalue weighted by Crippen LogP contribution is -2.40. The number of fused-ring (bicyclic) bond motifs is 1. The first kappa shape index (κ1) is 37.6. The maximum absolute atomic E-state index is 13.9. The third-order valence-corrected chi connectivity index (χ3v) is 10.7. The SMILES string of the molecule is COOC=N[C@H](C(=O)N1CCC[C@H]1c1nc2ccc(C#Cc3ccc(-c4cnc([C@@H]5CCCN5C(=O)[C@@H](c5ccccc5)C(C)C)[nH]4)cc3)cc2[nH]1)C(C)C. The smallest absolute Gasteiger partial charge is 0.248 e. The number of hydrogen-bond acceptors (Lipinski definition) is 7. The lowest BCUT2D eigenvalue weighted by molar-refractivity contribution is -0.188. The van der Waals surface area contributed by atoms with E-state index in [4.69, 9.17) is 14.9 Å². The van der Waals surface area contributed by atoms with Crippen molar-refractivity contribution in [2.75, 3.05) is 20.2 Å². The van der Waals surface area contributed by atoms with Crippen molar-refractivity contribution in [2.24, 2.45) is 16.8 Å². The summed E-state index contributed by atoms with van der Waals surface area (Å²) in [7, 11) is 1.40. The average molecular weight is 740 g/mol. The fourth-order valence-corrected chi connectivity index (χ4v) is 7.90. The highest BCUT2D eigenvalue weighted by atomic mass is 17.2. The van der Waals surface area contributed by atoms with Crippen molar-refractivity contribution < 1.29 is 19.4 Å². The van der Waals surface area contributed by atoms with E-state index in [-0.39, 0.29) is 41.7 Å². The molecular weight excluding hydrogens is 691 g/mol. The quantitative estimate of drug-likeness (QED) is 0.0469. The molecule has 0 radical (unpaired) electrons. The van der Waals surface area contributed by atoms with Crippen LogP contribution in [0.25, 0.3) is 22.3 Å². The van der Waals surface area contributed by atoms with Gasteiger partial charge in [0.1, 0.15) is 17.7 Å². The van der Waals surface area contributed by atoms with Gasteiger partial charge in [-0.1, -0.05) is 82.0 Å². The van der Waals surface area contributed by atoms with E-state index in [1.54, 1.807) is 0 Å². The van der Waals surface area contributed by atoms with Gasteiger partial charge in [0.15, 0.2) is 0 Å². The molecule has 55 heavy (non-hydrogen) atoms. The number of aliphatic imine (C=N–C) groups is 1. The zero-order valence-electron chi connectivity index (χ0n) is 32.2. The number of H-pyrrole nitrogens is 2. The van der Waals surface area contributed by atoms with Gasteiger partial charge in [-0.25, -0.2) is 15.0 Å². The number of aromatic amines is 2. The third kappa shape index (κ3) is 8.20. The molecule has 4 heterocycles. The number of hydrogen-bond donors (Lipinski definition) is 2. The van der Waals surface area contributed by atoms with Crippen LogP contribution in [0.1, 0.15) is 99.7 Å². The number of imidazole rings is 2. The van der Waals surface area contributed by atoms with E-state index >= 15 is 0 Å². The topological polar surface area (TPSA) is 129 Å². The zero-order chi connectivity index (χ0) is 38.5. The lowest BCUT2D eigenvalue weighted by atomic mass is 9.87. The molecule has 2 N–H and O–H groups in total. The molecule has 0 saturated carbocycles. The molecule has 4 atom stereocenters. The average Bonchev–Trinajstić information content (AvgIpc) is 4.02. The summed E-state index contributed by atoms with van der Waals surface area (Å²) in [5, 5.41) is 0. The van der Waals surface area contributed by atoms with Crippen molar-refractivity contribution in [3.8, 4) is 23.1 Å². The minimum atomic E-state index is -0.573. The number of amides is 2. The number of rotatable bonds is 11. The molecule has 2 saturated heterocycles. The number of carbonyl (C=O) groups is 2. The van der Waals surface area contributed by atoms with E-state index < -0.39 is 6.04 Å². The normalized spacial score (nSPS) is 18.3. The van der Waals surface area contributed by atoms with Crippen molar-refractivity contribution >= 4 is 29.2 Å². The minimum Gasteiger partial charge on any atom is -0.340 e. The maximum atomic E-state index is 13.9. The molecule has 284 valence electrons. The first-order chi connectivity index (χ1) is 26.7. The van der Waals surface area contributed by atoms with Crippen LogP contribution >= 0.6 is 0 Å². The van der Waals surface area contributed by atoms with Crippen LogP contribution in [0.3, 0.4) is 0 Å². The van der Waals surface area contributed by atoms with E-state index in [1.807, 2.05) is 90.5 Å². The lowest BCUT2D eigenvalue weighted by Gasteiger charge is -2.30. The predicted molar refractivity (Wildman–Crippen MR) is 213 cm³/mol. The van der Waals surface area contributed by atoms with Gasteiger partial charge in [-0.05, 0) is 79.0 Å². The van der Waals surface area contributed by atoms with Crippen molar-refractivity contribution in [3.63, 3.8) is 0 Å². The molecular formula is C44H49N7O4. The Balaban J connectivity index is 1.02. The van der Waals surface area contributed by atoms with Crippen LogP contribution in [-0.2, 0) is 19.4 Å². The zero-order valence-corrected chi connectivity index (χ0v) is 32.2. The molecule has 7 rings (SSSR count). The van der Waals surface area contributed by atoms with Crippen LogP contribution < -0.4 is 0 Å². The summed E-state index contributed by atoms with van der Waals surface area (Å²) < 4.78 is 0. The summed E-state index contributed by atoms with van der Waals surface area (Å²) in [4.78, 5) is 61.7. The van der Waals surface area contributed by atoms with Gasteiger partial charge in [0.05, 0.1) is 48.0 Å². The third-order valence-electron chi connectivity index (χ3n) is 10.7. The number of aromatic nitrogens is 4. The summed E-state index contributed by atoms with van der Waals surface area (Å²) in [5.41, 5.74) is 6.43. The van der Waals surface area contributed by atoms with Crippen LogP contribution in [0.5, 0.6) is 0 Å². The first-order valence-corrected chi connectivity index (χ1v) is 19.3. The predicted octanol–water partition coefficient (Wildman–Crippen LogP) is 7.75. The second-order valence-electron chi connectivity index (χ2n) is 15.1. The fraction of sp³-hybridized carbons (Fsp3) is 0.386. The van der Waals surface area contributed by atoms with Gasteiger partial charge in [0.2, 0.25) is 18.2 Å². The van der Waals surface area contributed by atoms with Crippen molar-refractivity contribution in [3.05, 3.63) is 107 Å². The van der Waals surface area contributed by atoms with E-state index in [1.165, 1.54) is 13.5 Å². The summed E-state index contributed by atoms with van der Waals surface area (Å²) in [6.07, 6.45) is 6.60. The van der Waals surface area contributed by atoms with E-state index in [0.717, 1.165) is 82.9 Å². The Morgan fingerprint density at radius 1 is 0.836 bits per heavy atom. The first-order valence-electron chi connectivity index (χ1n) is 19.3. The number of benzene rings is 3. The van der Waals surface area contributed by atoms with Gasteiger partial charge in [-0.15, -0.1) is 0 Å². The second-order valence-corrected chi connectivity index (χ2v) is 15.1. The van der Waals surface area contributed by atoms with E-state index in [0.29, 0.717) is 6.54 Å². The molecule has 2 amide bonds. The maximum Gasteiger partial charge on any atom is 0.248 e. The van der Waals surface area contributed by atoms with Gasteiger partial charge in [0, 0.05) is 24.2 Å². The molecule has 5 aromatic rings. The van der Waals surface area contributed by atoms with Gasteiger partial charge in [-0.3, -0.25) is 9.59 Å². The van der Waals surface area contributed by atoms with Crippen LogP contribution in [0, 0.1) is 23.7 Å². The number of nitrogens with zero attached hydrogens (tertiary/aromatic N) is 5. The molecule has 2 aliphatic rings. The fourth-order valence-electron chi connectivity index (χ4n) is 7.90. The van der Waals surface area contributed by atoms with Crippen LogP contribution in [0.2, 0.25) is 0 Å². The molecule has 0 spiro atoms. The Bertz CT molecular complexity index is 2200. The highest BCUT2D eigenvalue weighted by molar-refractivity contribution is 5.85. The van der Waals surface area contributed by atoms with E-state index in [2.05, 4.69) is 57.7 Å². The van der Waals surface area contributed by atoms with Crippen LogP contribution in [0.15, 0.2) is 84.0 Å². The van der Waals surface area contributed by atoms with Crippen molar-refractivity contribution in [1.29, 1.82) is 0 Å². The van der Waals surface area contributed by atoms with Crippen LogP contribution in [0.4, 0.5) is 0 Å².